The van der Waals surface area contributed by atoms with E-state index in [9.17, 15) is 5.11 Å². The lowest BCUT2D eigenvalue weighted by atomic mass is 10.1. The summed E-state index contributed by atoms with van der Waals surface area (Å²) in [5.41, 5.74) is 3.92. The summed E-state index contributed by atoms with van der Waals surface area (Å²) in [6.45, 7) is 4.06. The van der Waals surface area contributed by atoms with Gasteiger partial charge in [0.15, 0.2) is 5.65 Å². The highest BCUT2D eigenvalue weighted by Crippen LogP contribution is 2.24. The molecule has 3 rings (SSSR count). The average molecular weight is 282 g/mol. The lowest BCUT2D eigenvalue weighted by Crippen LogP contribution is -2.06. The molecule has 0 aliphatic carbocycles. The molecule has 0 saturated heterocycles. The molecule has 0 amide bonds. The molecule has 2 N–H and O–H groups in total. The molecule has 2 heterocycles. The van der Waals surface area contributed by atoms with Crippen LogP contribution < -0.4 is 5.32 Å². The zero-order chi connectivity index (χ0) is 15.0. The predicted molar refractivity (Wildman–Crippen MR) is 83.4 cm³/mol. The Morgan fingerprint density at radius 3 is 2.67 bits per heavy atom. The van der Waals surface area contributed by atoms with Crippen molar-refractivity contribution in [1.29, 1.82) is 0 Å². The summed E-state index contributed by atoms with van der Waals surface area (Å²) in [4.78, 5) is 4.46. The van der Waals surface area contributed by atoms with E-state index in [-0.39, 0.29) is 11.8 Å². The molecule has 21 heavy (non-hydrogen) atoms. The van der Waals surface area contributed by atoms with Gasteiger partial charge in [0.1, 0.15) is 5.75 Å². The van der Waals surface area contributed by atoms with E-state index in [1.165, 1.54) is 0 Å². The number of nitrogens with zero attached hydrogens (tertiary/aromatic N) is 3. The zero-order valence-electron chi connectivity index (χ0n) is 12.3. The minimum Gasteiger partial charge on any atom is -0.508 e. The number of rotatable bonds is 3. The van der Waals surface area contributed by atoms with Gasteiger partial charge in [0, 0.05) is 18.5 Å². The molecule has 3 aromatic rings. The van der Waals surface area contributed by atoms with Crippen molar-refractivity contribution >= 4 is 16.7 Å². The Bertz CT molecular complexity index is 777. The number of hydrogen-bond acceptors (Lipinski definition) is 4. The number of anilines is 1. The molecular formula is C16H18N4O. The van der Waals surface area contributed by atoms with E-state index in [0.29, 0.717) is 0 Å². The molecule has 0 fully saturated rings. The van der Waals surface area contributed by atoms with Gasteiger partial charge in [-0.3, -0.25) is 4.68 Å². The van der Waals surface area contributed by atoms with Crippen LogP contribution in [0.15, 0.2) is 36.5 Å². The third-order valence-corrected chi connectivity index (χ3v) is 3.64. The lowest BCUT2D eigenvalue weighted by Gasteiger charge is -2.15. The molecule has 0 aliphatic rings. The van der Waals surface area contributed by atoms with Crippen LogP contribution in [0.5, 0.6) is 5.75 Å². The number of phenols is 1. The molecule has 108 valence electrons. The number of hydrogen-bond donors (Lipinski definition) is 2. The number of nitrogens with one attached hydrogen (secondary N) is 1. The van der Waals surface area contributed by atoms with Crippen LogP contribution in [0.4, 0.5) is 5.69 Å². The molecule has 0 aliphatic heterocycles. The summed E-state index contributed by atoms with van der Waals surface area (Å²) in [6, 6.07) is 9.41. The summed E-state index contributed by atoms with van der Waals surface area (Å²) < 4.78 is 1.79. The first-order chi connectivity index (χ1) is 10.0. The van der Waals surface area contributed by atoms with Gasteiger partial charge in [0.25, 0.3) is 0 Å². The van der Waals surface area contributed by atoms with Gasteiger partial charge in [-0.2, -0.15) is 5.10 Å². The van der Waals surface area contributed by atoms with Gasteiger partial charge in [-0.25, -0.2) is 4.98 Å². The maximum atomic E-state index is 9.34. The quantitative estimate of drug-likeness (QED) is 0.774. The van der Waals surface area contributed by atoms with Crippen LogP contribution in [0.1, 0.15) is 24.2 Å². The van der Waals surface area contributed by atoms with Crippen LogP contribution in [-0.4, -0.2) is 19.9 Å². The monoisotopic (exact) mass is 282 g/mol. The number of aromatic nitrogens is 3. The summed E-state index contributed by atoms with van der Waals surface area (Å²) in [5, 5.41) is 18.2. The lowest BCUT2D eigenvalue weighted by molar-refractivity contribution is 0.475. The van der Waals surface area contributed by atoms with Crippen LogP contribution in [0.3, 0.4) is 0 Å². The first-order valence-electron chi connectivity index (χ1n) is 6.89. The van der Waals surface area contributed by atoms with Crippen molar-refractivity contribution in [2.24, 2.45) is 7.05 Å². The summed E-state index contributed by atoms with van der Waals surface area (Å²) in [6.07, 6.45) is 1.82. The highest BCUT2D eigenvalue weighted by molar-refractivity contribution is 5.81. The Kier molecular flexibility index (Phi) is 3.25. The van der Waals surface area contributed by atoms with E-state index < -0.39 is 0 Å². The number of phenolic OH excluding ortho intramolecular Hbond substituents is 1. The fourth-order valence-corrected chi connectivity index (χ4v) is 2.48. The molecule has 5 heteroatoms. The average Bonchev–Trinajstić information content (AvgIpc) is 2.74. The molecule has 1 unspecified atom stereocenters. The zero-order valence-corrected chi connectivity index (χ0v) is 12.3. The van der Waals surface area contributed by atoms with Crippen molar-refractivity contribution in [1.82, 2.24) is 14.8 Å². The summed E-state index contributed by atoms with van der Waals surface area (Å²) >= 11 is 0. The minimum atomic E-state index is 0.127. The van der Waals surface area contributed by atoms with E-state index >= 15 is 0 Å². The van der Waals surface area contributed by atoms with Gasteiger partial charge in [-0.1, -0.05) is 12.1 Å². The third kappa shape index (κ3) is 2.54. The molecule has 2 aromatic heterocycles. The Balaban J connectivity index is 1.87. The molecule has 0 saturated carbocycles. The number of fused-ring (bicyclic) bond motifs is 1. The van der Waals surface area contributed by atoms with Crippen molar-refractivity contribution in [3.8, 4) is 5.75 Å². The maximum Gasteiger partial charge on any atom is 0.157 e. The van der Waals surface area contributed by atoms with Crippen molar-refractivity contribution in [2.45, 2.75) is 19.9 Å². The molecular weight excluding hydrogens is 264 g/mol. The highest BCUT2D eigenvalue weighted by Gasteiger charge is 2.09. The van der Waals surface area contributed by atoms with Crippen molar-refractivity contribution in [2.75, 3.05) is 5.32 Å². The molecule has 5 nitrogen and oxygen atoms in total. The minimum absolute atomic E-state index is 0.127. The molecule has 0 bridgehead atoms. The summed E-state index contributed by atoms with van der Waals surface area (Å²) in [7, 11) is 1.90. The Morgan fingerprint density at radius 1 is 1.24 bits per heavy atom. The predicted octanol–water partition coefficient (Wildman–Crippen LogP) is 3.16. The highest BCUT2D eigenvalue weighted by atomic mass is 16.3. The fourth-order valence-electron chi connectivity index (χ4n) is 2.48. The first-order valence-corrected chi connectivity index (χ1v) is 6.89. The van der Waals surface area contributed by atoms with Crippen LogP contribution in [-0.2, 0) is 7.05 Å². The second kappa shape index (κ2) is 5.09. The van der Waals surface area contributed by atoms with Gasteiger partial charge >= 0.3 is 0 Å². The van der Waals surface area contributed by atoms with Crippen molar-refractivity contribution in [3.05, 3.63) is 47.8 Å². The van der Waals surface area contributed by atoms with Crippen molar-refractivity contribution < 1.29 is 5.11 Å². The van der Waals surface area contributed by atoms with Gasteiger partial charge < -0.3 is 10.4 Å². The van der Waals surface area contributed by atoms with E-state index in [1.54, 1.807) is 16.8 Å². The van der Waals surface area contributed by atoms with E-state index in [0.717, 1.165) is 28.0 Å². The van der Waals surface area contributed by atoms with Gasteiger partial charge in [-0.15, -0.1) is 0 Å². The molecule has 1 aromatic carbocycles. The normalized spacial score (nSPS) is 12.5. The van der Waals surface area contributed by atoms with E-state index in [2.05, 4.69) is 28.4 Å². The number of aryl methyl sites for hydroxylation is 2. The van der Waals surface area contributed by atoms with Crippen molar-refractivity contribution in [3.63, 3.8) is 0 Å². The molecule has 0 spiro atoms. The SMILES string of the molecule is Cc1nn(C)c2ncc(NC(C)c3ccc(O)cc3)cc12. The largest absolute Gasteiger partial charge is 0.508 e. The standard InChI is InChI=1S/C16H18N4O/c1-10(12-4-6-14(21)7-5-12)18-13-8-15-11(2)19-20(3)16(15)17-9-13/h4-10,18,21H,1-3H3. The van der Waals surface area contributed by atoms with Crippen LogP contribution >= 0.6 is 0 Å². The third-order valence-electron chi connectivity index (χ3n) is 3.64. The summed E-state index contributed by atoms with van der Waals surface area (Å²) in [5.74, 6) is 0.278. The van der Waals surface area contributed by atoms with Crippen LogP contribution in [0, 0.1) is 6.92 Å². The number of pyridine rings is 1. The maximum absolute atomic E-state index is 9.34. The van der Waals surface area contributed by atoms with Gasteiger partial charge in [0.2, 0.25) is 0 Å². The van der Waals surface area contributed by atoms with E-state index in [1.807, 2.05) is 32.3 Å². The second-order valence-electron chi connectivity index (χ2n) is 5.26. The Labute approximate surface area is 123 Å². The van der Waals surface area contributed by atoms with Crippen LogP contribution in [0.25, 0.3) is 11.0 Å². The Hall–Kier alpha value is -2.56. The Morgan fingerprint density at radius 2 is 1.95 bits per heavy atom. The van der Waals surface area contributed by atoms with Gasteiger partial charge in [0.05, 0.1) is 17.6 Å². The number of aromatic hydroxyl groups is 1. The van der Waals surface area contributed by atoms with Crippen LogP contribution in [0.2, 0.25) is 0 Å². The molecule has 1 atom stereocenters. The topological polar surface area (TPSA) is 63.0 Å². The second-order valence-corrected chi connectivity index (χ2v) is 5.26. The molecule has 0 radical (unpaired) electrons. The van der Waals surface area contributed by atoms with Gasteiger partial charge in [-0.05, 0) is 37.6 Å². The first kappa shape index (κ1) is 13.4. The fraction of sp³-hybridized carbons (Fsp3) is 0.250. The number of benzene rings is 1. The smallest absolute Gasteiger partial charge is 0.157 e. The van der Waals surface area contributed by atoms with E-state index in [4.69, 9.17) is 0 Å².